The number of benzene rings is 3. The lowest BCUT2D eigenvalue weighted by Gasteiger charge is -2.17. The van der Waals surface area contributed by atoms with Crippen LogP contribution in [0.5, 0.6) is 0 Å². The van der Waals surface area contributed by atoms with Crippen LogP contribution >= 0.6 is 0 Å². The van der Waals surface area contributed by atoms with Crippen LogP contribution in [0.2, 0.25) is 0 Å². The lowest BCUT2D eigenvalue weighted by Crippen LogP contribution is -2.28. The van der Waals surface area contributed by atoms with Crippen molar-refractivity contribution in [3.63, 3.8) is 0 Å². The smallest absolute Gasteiger partial charge is 0.255 e. The summed E-state index contributed by atoms with van der Waals surface area (Å²) in [5, 5.41) is 10.4. The first-order valence-corrected chi connectivity index (χ1v) is 18.2. The summed E-state index contributed by atoms with van der Waals surface area (Å²) in [7, 11) is -11.8. The van der Waals surface area contributed by atoms with Crippen molar-refractivity contribution < 1.29 is 34.8 Å². The molecule has 0 aliphatic carbocycles. The zero-order valence-electron chi connectivity index (χ0n) is 23.5. The number of anilines is 2. The van der Waals surface area contributed by atoms with E-state index >= 15 is 0 Å². The molecule has 0 aromatic heterocycles. The molecule has 2 amide bonds. The minimum Gasteiger partial charge on any atom is -0.320 e. The molecule has 2 heterocycles. The number of rotatable bonds is 9. The number of hydrogen-bond donors (Lipinski definition) is 3. The van der Waals surface area contributed by atoms with Gasteiger partial charge in [0.1, 0.15) is 0 Å². The van der Waals surface area contributed by atoms with Crippen molar-refractivity contribution in [2.24, 2.45) is 5.14 Å². The van der Waals surface area contributed by atoms with E-state index in [9.17, 15) is 34.8 Å². The number of carbonyl (C=O) groups excluding carboxylic acids is 2. The molecule has 0 unspecified atom stereocenters. The Morgan fingerprint density at radius 2 is 1.00 bits per heavy atom. The largest absolute Gasteiger partial charge is 0.320 e. The zero-order valence-corrected chi connectivity index (χ0v) is 25.9. The average Bonchev–Trinajstić information content (AvgIpc) is 3.74. The van der Waals surface area contributed by atoms with Gasteiger partial charge in [0.05, 0.1) is 26.1 Å². The van der Waals surface area contributed by atoms with Gasteiger partial charge < -0.3 is 10.6 Å². The molecule has 0 saturated carbocycles. The van der Waals surface area contributed by atoms with Gasteiger partial charge in [0.25, 0.3) is 11.8 Å². The highest BCUT2D eigenvalue weighted by Gasteiger charge is 2.29. The highest BCUT2D eigenvalue weighted by Crippen LogP contribution is 2.28. The molecule has 0 bridgehead atoms. The van der Waals surface area contributed by atoms with Crippen LogP contribution in [0.4, 0.5) is 11.4 Å². The molecule has 0 spiro atoms. The third kappa shape index (κ3) is 6.69. The van der Waals surface area contributed by atoms with Crippen molar-refractivity contribution in [1.29, 1.82) is 0 Å². The summed E-state index contributed by atoms with van der Waals surface area (Å²) in [5.41, 5.74) is -0.158. The van der Waals surface area contributed by atoms with Gasteiger partial charge in [-0.3, -0.25) is 9.59 Å². The summed E-state index contributed by atoms with van der Waals surface area (Å²) in [5.74, 6) is -1.50. The molecule has 2 saturated heterocycles. The number of primary sulfonamides is 1. The SMILES string of the molecule is NS(=O)(=O)c1ccc(NC(=O)c2cccc(S(=O)(=O)N3CCCC3)c2)c(NC(=O)c2cccc(S(=O)(=O)N3CCCC3)c2)c1. The molecule has 44 heavy (non-hydrogen) atoms. The Morgan fingerprint density at radius 3 is 1.43 bits per heavy atom. The number of nitrogens with zero attached hydrogens (tertiary/aromatic N) is 2. The molecule has 13 nitrogen and oxygen atoms in total. The van der Waals surface area contributed by atoms with E-state index in [4.69, 9.17) is 5.14 Å². The van der Waals surface area contributed by atoms with Gasteiger partial charge in [-0.15, -0.1) is 0 Å². The molecule has 2 fully saturated rings. The first-order chi connectivity index (χ1) is 20.8. The van der Waals surface area contributed by atoms with Crippen molar-refractivity contribution >= 4 is 53.3 Å². The Bertz CT molecular complexity index is 1930. The first kappa shape index (κ1) is 31.7. The van der Waals surface area contributed by atoms with Gasteiger partial charge in [0, 0.05) is 37.3 Å². The Hall–Kier alpha value is -3.67. The van der Waals surface area contributed by atoms with Crippen LogP contribution in [0, 0.1) is 0 Å². The summed E-state index contributed by atoms with van der Waals surface area (Å²) >= 11 is 0. The van der Waals surface area contributed by atoms with Gasteiger partial charge in [-0.25, -0.2) is 30.4 Å². The van der Waals surface area contributed by atoms with Crippen LogP contribution in [0.25, 0.3) is 0 Å². The van der Waals surface area contributed by atoms with E-state index in [1.165, 1.54) is 63.2 Å². The number of sulfonamides is 3. The average molecular weight is 662 g/mol. The van der Waals surface area contributed by atoms with E-state index < -0.39 is 41.9 Å². The minimum absolute atomic E-state index is 0.00982. The number of nitrogens with two attached hydrogens (primary N) is 1. The number of amides is 2. The van der Waals surface area contributed by atoms with Crippen molar-refractivity contribution in [2.75, 3.05) is 36.8 Å². The summed E-state index contributed by atoms with van der Waals surface area (Å²) in [6.07, 6.45) is 2.99. The van der Waals surface area contributed by atoms with Crippen molar-refractivity contribution in [2.45, 2.75) is 40.4 Å². The van der Waals surface area contributed by atoms with Crippen LogP contribution in [-0.4, -0.2) is 71.9 Å². The maximum absolute atomic E-state index is 13.3. The summed E-state index contributed by atoms with van der Waals surface area (Å²) in [6.45, 7) is 1.56. The molecule has 3 aromatic rings. The molecule has 2 aliphatic heterocycles. The fourth-order valence-corrected chi connectivity index (χ4v) is 8.72. The Kier molecular flexibility index (Phi) is 8.93. The standard InChI is InChI=1S/C28H31N5O8S3/c29-42(36,37)22-11-12-25(30-27(34)20-7-5-9-23(17-20)43(38,39)32-13-1-2-14-32)26(19-22)31-28(35)21-8-6-10-24(18-21)44(40,41)33-15-3-4-16-33/h5-12,17-19H,1-4,13-16H2,(H,30,34)(H,31,35)(H2,29,36,37). The highest BCUT2D eigenvalue weighted by atomic mass is 32.2. The fraction of sp³-hybridized carbons (Fsp3) is 0.286. The lowest BCUT2D eigenvalue weighted by atomic mass is 10.1. The maximum Gasteiger partial charge on any atom is 0.255 e. The highest BCUT2D eigenvalue weighted by molar-refractivity contribution is 7.89. The second-order valence-corrected chi connectivity index (χ2v) is 15.9. The molecular formula is C28H31N5O8S3. The molecule has 5 rings (SSSR count). The van der Waals surface area contributed by atoms with Crippen LogP contribution in [-0.2, 0) is 30.1 Å². The normalized spacial score (nSPS) is 16.6. The molecular weight excluding hydrogens is 631 g/mol. The van der Waals surface area contributed by atoms with Gasteiger partial charge in [-0.1, -0.05) is 12.1 Å². The molecule has 3 aromatic carbocycles. The van der Waals surface area contributed by atoms with E-state index in [1.54, 1.807) is 0 Å². The monoisotopic (exact) mass is 661 g/mol. The van der Waals surface area contributed by atoms with Crippen LogP contribution in [0.1, 0.15) is 46.4 Å². The first-order valence-electron chi connectivity index (χ1n) is 13.8. The zero-order chi connectivity index (χ0) is 31.7. The van der Waals surface area contributed by atoms with E-state index in [-0.39, 0.29) is 37.2 Å². The summed E-state index contributed by atoms with van der Waals surface area (Å²) < 4.78 is 78.9. The number of carbonyl (C=O) groups is 2. The second-order valence-electron chi connectivity index (χ2n) is 10.4. The van der Waals surface area contributed by atoms with Gasteiger partial charge in [-0.05, 0) is 80.3 Å². The molecule has 0 atom stereocenters. The topological polar surface area (TPSA) is 193 Å². The number of hydrogen-bond acceptors (Lipinski definition) is 8. The van der Waals surface area contributed by atoms with Crippen LogP contribution < -0.4 is 15.8 Å². The molecule has 16 heteroatoms. The van der Waals surface area contributed by atoms with E-state index in [0.717, 1.165) is 37.8 Å². The van der Waals surface area contributed by atoms with Crippen molar-refractivity contribution in [3.8, 4) is 0 Å². The number of nitrogens with one attached hydrogen (secondary N) is 2. The molecule has 234 valence electrons. The van der Waals surface area contributed by atoms with Crippen LogP contribution in [0.15, 0.2) is 81.4 Å². The maximum atomic E-state index is 13.3. The fourth-order valence-electron chi connectivity index (χ4n) is 5.05. The quantitative estimate of drug-likeness (QED) is 0.311. The summed E-state index contributed by atoms with van der Waals surface area (Å²) in [4.78, 5) is 26.1. The van der Waals surface area contributed by atoms with E-state index in [2.05, 4.69) is 10.6 Å². The van der Waals surface area contributed by atoms with E-state index in [1.807, 2.05) is 0 Å². The second kappa shape index (κ2) is 12.4. The van der Waals surface area contributed by atoms with Gasteiger partial charge >= 0.3 is 0 Å². The Morgan fingerprint density at radius 1 is 0.568 bits per heavy atom. The molecule has 0 radical (unpaired) electrons. The van der Waals surface area contributed by atoms with Gasteiger partial charge in [-0.2, -0.15) is 8.61 Å². The van der Waals surface area contributed by atoms with Crippen LogP contribution in [0.3, 0.4) is 0 Å². The third-order valence-corrected chi connectivity index (χ3v) is 12.1. The minimum atomic E-state index is -4.21. The Balaban J connectivity index is 1.42. The van der Waals surface area contributed by atoms with Gasteiger partial charge in [0.15, 0.2) is 0 Å². The third-order valence-electron chi connectivity index (χ3n) is 7.41. The Labute approximate surface area is 256 Å². The molecule has 4 N–H and O–H groups in total. The summed E-state index contributed by atoms with van der Waals surface area (Å²) in [6, 6.07) is 14.3. The van der Waals surface area contributed by atoms with Gasteiger partial charge in [0.2, 0.25) is 30.1 Å². The molecule has 2 aliphatic rings. The lowest BCUT2D eigenvalue weighted by molar-refractivity contribution is 0.101. The van der Waals surface area contributed by atoms with Crippen molar-refractivity contribution in [1.82, 2.24) is 8.61 Å². The predicted octanol–water partition coefficient (Wildman–Crippen LogP) is 2.41. The predicted molar refractivity (Wildman–Crippen MR) is 163 cm³/mol. The van der Waals surface area contributed by atoms with E-state index in [0.29, 0.717) is 26.2 Å². The van der Waals surface area contributed by atoms with Crippen molar-refractivity contribution in [3.05, 3.63) is 77.9 Å².